The number of nitrogens with one attached hydrogen (secondary N) is 1. The van der Waals surface area contributed by atoms with Crippen LogP contribution in [0.25, 0.3) is 0 Å². The zero-order valence-electron chi connectivity index (χ0n) is 9.93. The highest BCUT2D eigenvalue weighted by Crippen LogP contribution is 2.04. The first-order valence-corrected chi connectivity index (χ1v) is 5.36. The number of hydrogen-bond donors (Lipinski definition) is 2. The number of aryl methyl sites for hydroxylation is 1. The summed E-state index contributed by atoms with van der Waals surface area (Å²) in [7, 11) is 0. The third-order valence-electron chi connectivity index (χ3n) is 2.32. The molecule has 0 aliphatic heterocycles. The minimum absolute atomic E-state index is 0.230. The normalized spacial score (nSPS) is 10.9. The van der Waals surface area contributed by atoms with Crippen LogP contribution in [-0.4, -0.2) is 27.5 Å². The van der Waals surface area contributed by atoms with Crippen LogP contribution in [0.3, 0.4) is 0 Å². The van der Waals surface area contributed by atoms with Crippen molar-refractivity contribution in [2.45, 2.75) is 32.2 Å². The van der Waals surface area contributed by atoms with Crippen molar-refractivity contribution in [1.29, 1.82) is 0 Å². The van der Waals surface area contributed by atoms with Crippen molar-refractivity contribution in [2.24, 2.45) is 0 Å². The molecule has 92 valence electrons. The van der Waals surface area contributed by atoms with Crippen molar-refractivity contribution in [3.05, 3.63) is 30.1 Å². The van der Waals surface area contributed by atoms with Crippen LogP contribution >= 0.6 is 0 Å². The smallest absolute Gasteiger partial charge is 0.328 e. The van der Waals surface area contributed by atoms with E-state index in [0.717, 1.165) is 5.69 Å². The topological polar surface area (TPSA) is 79.3 Å². The van der Waals surface area contributed by atoms with Gasteiger partial charge < -0.3 is 10.4 Å². The summed E-state index contributed by atoms with van der Waals surface area (Å²) < 4.78 is 0. The van der Waals surface area contributed by atoms with Crippen molar-refractivity contribution >= 4 is 11.9 Å². The Morgan fingerprint density at radius 2 is 2.12 bits per heavy atom. The number of carboxylic acid groups (broad SMARTS) is 1. The van der Waals surface area contributed by atoms with Crippen LogP contribution in [-0.2, 0) is 16.0 Å². The summed E-state index contributed by atoms with van der Waals surface area (Å²) in [6.45, 7) is 2.90. The SMILES string of the molecule is CC(C)(NC(=O)CCc1ccccn1)C(=O)O. The molecule has 5 nitrogen and oxygen atoms in total. The molecule has 0 aromatic carbocycles. The lowest BCUT2D eigenvalue weighted by atomic mass is 10.1. The summed E-state index contributed by atoms with van der Waals surface area (Å²) in [6, 6.07) is 5.48. The predicted octanol–water partition coefficient (Wildman–Crippen LogP) is 0.994. The summed E-state index contributed by atoms with van der Waals surface area (Å²) in [5, 5.41) is 11.3. The standard InChI is InChI=1S/C12H16N2O3/c1-12(2,11(16)17)14-10(15)7-6-9-5-3-4-8-13-9/h3-5,8H,6-7H2,1-2H3,(H,14,15)(H,16,17). The second-order valence-corrected chi connectivity index (χ2v) is 4.30. The van der Waals surface area contributed by atoms with Gasteiger partial charge in [0.25, 0.3) is 0 Å². The maximum atomic E-state index is 11.5. The molecule has 1 aromatic rings. The quantitative estimate of drug-likeness (QED) is 0.799. The van der Waals surface area contributed by atoms with E-state index in [1.807, 2.05) is 12.1 Å². The Balaban J connectivity index is 2.44. The van der Waals surface area contributed by atoms with Gasteiger partial charge in [-0.05, 0) is 32.4 Å². The highest BCUT2D eigenvalue weighted by atomic mass is 16.4. The Morgan fingerprint density at radius 3 is 2.65 bits per heavy atom. The number of carbonyl (C=O) groups is 2. The van der Waals surface area contributed by atoms with Crippen LogP contribution in [0.5, 0.6) is 0 Å². The van der Waals surface area contributed by atoms with Crippen molar-refractivity contribution in [3.8, 4) is 0 Å². The van der Waals surface area contributed by atoms with Gasteiger partial charge in [-0.1, -0.05) is 6.07 Å². The Labute approximate surface area is 99.9 Å². The second-order valence-electron chi connectivity index (χ2n) is 4.30. The van der Waals surface area contributed by atoms with Gasteiger partial charge in [0.1, 0.15) is 5.54 Å². The molecule has 0 saturated heterocycles. The Kier molecular flexibility index (Phi) is 4.20. The van der Waals surface area contributed by atoms with Crippen LogP contribution in [0.2, 0.25) is 0 Å². The van der Waals surface area contributed by atoms with Gasteiger partial charge in [0.2, 0.25) is 5.91 Å². The van der Waals surface area contributed by atoms with Gasteiger partial charge in [0.15, 0.2) is 0 Å². The van der Waals surface area contributed by atoms with Gasteiger partial charge in [-0.2, -0.15) is 0 Å². The molecule has 0 aliphatic carbocycles. The van der Waals surface area contributed by atoms with Gasteiger partial charge in [-0.15, -0.1) is 0 Å². The fourth-order valence-electron chi connectivity index (χ4n) is 1.25. The molecule has 0 bridgehead atoms. The van der Waals surface area contributed by atoms with E-state index in [0.29, 0.717) is 6.42 Å². The third kappa shape index (κ3) is 4.22. The number of carboxylic acids is 1. The fraction of sp³-hybridized carbons (Fsp3) is 0.417. The molecule has 1 rings (SSSR count). The molecule has 0 spiro atoms. The number of pyridine rings is 1. The molecule has 0 saturated carbocycles. The summed E-state index contributed by atoms with van der Waals surface area (Å²) in [6.07, 6.45) is 2.39. The average molecular weight is 236 g/mol. The lowest BCUT2D eigenvalue weighted by Crippen LogP contribution is -2.49. The zero-order chi connectivity index (χ0) is 12.9. The van der Waals surface area contributed by atoms with Crippen LogP contribution < -0.4 is 5.32 Å². The van der Waals surface area contributed by atoms with E-state index in [1.54, 1.807) is 12.3 Å². The van der Waals surface area contributed by atoms with E-state index in [-0.39, 0.29) is 12.3 Å². The number of aliphatic carboxylic acids is 1. The summed E-state index contributed by atoms with van der Waals surface area (Å²) >= 11 is 0. The predicted molar refractivity (Wildman–Crippen MR) is 62.4 cm³/mol. The molecule has 1 aromatic heterocycles. The monoisotopic (exact) mass is 236 g/mol. The maximum Gasteiger partial charge on any atom is 0.328 e. The molecule has 0 atom stereocenters. The molecule has 5 heteroatoms. The molecule has 0 aliphatic rings. The average Bonchev–Trinajstić information content (AvgIpc) is 2.27. The van der Waals surface area contributed by atoms with E-state index in [4.69, 9.17) is 5.11 Å². The molecule has 1 heterocycles. The van der Waals surface area contributed by atoms with Gasteiger partial charge in [0, 0.05) is 18.3 Å². The van der Waals surface area contributed by atoms with E-state index in [9.17, 15) is 9.59 Å². The van der Waals surface area contributed by atoms with E-state index in [1.165, 1.54) is 13.8 Å². The Hall–Kier alpha value is -1.91. The largest absolute Gasteiger partial charge is 0.480 e. The lowest BCUT2D eigenvalue weighted by Gasteiger charge is -2.20. The number of carbonyl (C=O) groups excluding carboxylic acids is 1. The van der Waals surface area contributed by atoms with E-state index in [2.05, 4.69) is 10.3 Å². The molecule has 0 fully saturated rings. The Bertz CT molecular complexity index is 401. The van der Waals surface area contributed by atoms with Gasteiger partial charge in [0.05, 0.1) is 0 Å². The van der Waals surface area contributed by atoms with Crippen molar-refractivity contribution < 1.29 is 14.7 Å². The minimum Gasteiger partial charge on any atom is -0.480 e. The van der Waals surface area contributed by atoms with Gasteiger partial charge in [-0.25, -0.2) is 4.79 Å². The van der Waals surface area contributed by atoms with Crippen molar-refractivity contribution in [1.82, 2.24) is 10.3 Å². The van der Waals surface area contributed by atoms with Gasteiger partial charge >= 0.3 is 5.97 Å². The zero-order valence-corrected chi connectivity index (χ0v) is 9.93. The number of rotatable bonds is 5. The van der Waals surface area contributed by atoms with E-state index >= 15 is 0 Å². The number of hydrogen-bond acceptors (Lipinski definition) is 3. The minimum atomic E-state index is -1.23. The molecule has 2 N–H and O–H groups in total. The molecule has 1 amide bonds. The summed E-state index contributed by atoms with van der Waals surface area (Å²) in [5.74, 6) is -1.34. The highest BCUT2D eigenvalue weighted by molar-refractivity contribution is 5.86. The number of nitrogens with zero attached hydrogens (tertiary/aromatic N) is 1. The van der Waals surface area contributed by atoms with Crippen LogP contribution in [0, 0.1) is 0 Å². The molecule has 17 heavy (non-hydrogen) atoms. The van der Waals surface area contributed by atoms with E-state index < -0.39 is 11.5 Å². The van der Waals surface area contributed by atoms with Crippen molar-refractivity contribution in [3.63, 3.8) is 0 Å². The summed E-state index contributed by atoms with van der Waals surface area (Å²) in [4.78, 5) is 26.4. The highest BCUT2D eigenvalue weighted by Gasteiger charge is 2.28. The van der Waals surface area contributed by atoms with Gasteiger partial charge in [-0.3, -0.25) is 9.78 Å². The fourth-order valence-corrected chi connectivity index (χ4v) is 1.25. The molecular weight excluding hydrogens is 220 g/mol. The lowest BCUT2D eigenvalue weighted by molar-refractivity contribution is -0.146. The molecule has 0 radical (unpaired) electrons. The second kappa shape index (κ2) is 5.43. The van der Waals surface area contributed by atoms with Crippen molar-refractivity contribution in [2.75, 3.05) is 0 Å². The first-order chi connectivity index (χ1) is 7.92. The first kappa shape index (κ1) is 13.2. The Morgan fingerprint density at radius 1 is 1.41 bits per heavy atom. The van der Waals surface area contributed by atoms with Crippen LogP contribution in [0.1, 0.15) is 26.0 Å². The molecular formula is C12H16N2O3. The summed E-state index contributed by atoms with van der Waals surface area (Å²) in [5.41, 5.74) is -0.419. The first-order valence-electron chi connectivity index (χ1n) is 5.36. The number of amides is 1. The number of aromatic nitrogens is 1. The molecule has 0 unspecified atom stereocenters. The third-order valence-corrected chi connectivity index (χ3v) is 2.32. The van der Waals surface area contributed by atoms with Crippen LogP contribution in [0.15, 0.2) is 24.4 Å². The maximum absolute atomic E-state index is 11.5. The van der Waals surface area contributed by atoms with Crippen LogP contribution in [0.4, 0.5) is 0 Å².